The van der Waals surface area contributed by atoms with Crippen molar-refractivity contribution >= 4 is 29.4 Å². The highest BCUT2D eigenvalue weighted by Crippen LogP contribution is 2.49. The van der Waals surface area contributed by atoms with Crippen molar-refractivity contribution in [1.29, 1.82) is 0 Å². The highest BCUT2D eigenvalue weighted by Gasteiger charge is 2.67. The quantitative estimate of drug-likeness (QED) is 0.346. The van der Waals surface area contributed by atoms with Gasteiger partial charge in [-0.15, -0.1) is 11.8 Å². The minimum absolute atomic E-state index is 0.0797. The smallest absolute Gasteiger partial charge is 0.388 e. The lowest BCUT2D eigenvalue weighted by Crippen LogP contribution is -2.64. The van der Waals surface area contributed by atoms with Crippen LogP contribution >= 0.6 is 11.8 Å². The number of nitrogens with zero attached hydrogens (tertiary/aromatic N) is 3. The SMILES string of the molecule is CC1(C)SC2C(=[N+]=[N-])C(=O)N2C1C(=O)OC(c1ccccc1)c1ccccc1. The first-order valence-corrected chi connectivity index (χ1v) is 9.85. The number of hydrogen-bond acceptors (Lipinski definition) is 4. The maximum atomic E-state index is 13.2. The van der Waals surface area contributed by atoms with Gasteiger partial charge in [-0.1, -0.05) is 60.7 Å². The molecule has 0 radical (unpaired) electrons. The monoisotopic (exact) mass is 393 g/mol. The summed E-state index contributed by atoms with van der Waals surface area (Å²) in [5, 5.41) is -0.419. The predicted molar refractivity (Wildman–Crippen MR) is 106 cm³/mol. The van der Waals surface area contributed by atoms with Gasteiger partial charge in [-0.05, 0) is 25.0 Å². The number of esters is 1. The number of carbonyl (C=O) groups is 2. The largest absolute Gasteiger partial charge is 0.451 e. The lowest BCUT2D eigenvalue weighted by atomic mass is 9.96. The van der Waals surface area contributed by atoms with E-state index < -0.39 is 34.1 Å². The minimum Gasteiger partial charge on any atom is -0.451 e. The first-order chi connectivity index (χ1) is 13.4. The molecule has 2 atom stereocenters. The van der Waals surface area contributed by atoms with Crippen LogP contribution in [0.4, 0.5) is 0 Å². The molecule has 142 valence electrons. The van der Waals surface area contributed by atoms with Crippen LogP contribution < -0.4 is 0 Å². The van der Waals surface area contributed by atoms with E-state index in [1.165, 1.54) is 16.7 Å². The molecule has 0 spiro atoms. The number of benzene rings is 2. The molecule has 0 aliphatic carbocycles. The molecule has 0 N–H and O–H groups in total. The van der Waals surface area contributed by atoms with Gasteiger partial charge in [0.15, 0.2) is 11.5 Å². The summed E-state index contributed by atoms with van der Waals surface area (Å²) < 4.78 is 5.40. The van der Waals surface area contributed by atoms with Gasteiger partial charge in [0.2, 0.25) is 0 Å². The Hall–Kier alpha value is -2.89. The maximum Gasteiger partial charge on any atom is 0.388 e. The molecule has 2 aromatic rings. The van der Waals surface area contributed by atoms with Crippen LogP contribution in [0.1, 0.15) is 31.1 Å². The summed E-state index contributed by atoms with van der Waals surface area (Å²) in [5.74, 6) is -0.897. The third-order valence-electron chi connectivity index (χ3n) is 5.06. The zero-order chi connectivity index (χ0) is 19.9. The molecular formula is C21H19N3O3S. The van der Waals surface area contributed by atoms with E-state index in [4.69, 9.17) is 10.3 Å². The predicted octanol–water partition coefficient (Wildman–Crippen LogP) is 3.05. The Kier molecular flexibility index (Phi) is 4.57. The zero-order valence-electron chi connectivity index (χ0n) is 15.5. The molecule has 2 saturated heterocycles. The van der Waals surface area contributed by atoms with Crippen LogP contribution in [0.15, 0.2) is 60.7 Å². The van der Waals surface area contributed by atoms with Crippen molar-refractivity contribution in [1.82, 2.24) is 4.90 Å². The number of carbonyl (C=O) groups excluding carboxylic acids is 2. The Morgan fingerprint density at radius 3 is 2.14 bits per heavy atom. The molecule has 2 aliphatic heterocycles. The fraction of sp³-hybridized carbons (Fsp3) is 0.286. The van der Waals surface area contributed by atoms with Crippen molar-refractivity contribution < 1.29 is 19.1 Å². The molecule has 2 heterocycles. The molecule has 7 heteroatoms. The average Bonchev–Trinajstić information content (AvgIpc) is 2.95. The number of thioether (sulfide) groups is 1. The lowest BCUT2D eigenvalue weighted by molar-refractivity contribution is -0.161. The van der Waals surface area contributed by atoms with Gasteiger partial charge in [-0.2, -0.15) is 4.79 Å². The molecule has 2 aliphatic rings. The molecule has 6 nitrogen and oxygen atoms in total. The van der Waals surface area contributed by atoms with Crippen molar-refractivity contribution in [3.05, 3.63) is 77.3 Å². The Morgan fingerprint density at radius 2 is 1.64 bits per heavy atom. The van der Waals surface area contributed by atoms with E-state index in [2.05, 4.69) is 4.79 Å². The fourth-order valence-electron chi connectivity index (χ4n) is 3.72. The Balaban J connectivity index is 1.65. The topological polar surface area (TPSA) is 83.0 Å². The van der Waals surface area contributed by atoms with Crippen LogP contribution in [0.25, 0.3) is 5.53 Å². The molecule has 0 saturated carbocycles. The zero-order valence-corrected chi connectivity index (χ0v) is 16.3. The summed E-state index contributed by atoms with van der Waals surface area (Å²) in [5.41, 5.74) is 10.8. The fourth-order valence-corrected chi connectivity index (χ4v) is 5.22. The lowest BCUT2D eigenvalue weighted by Gasteiger charge is -2.34. The number of β-lactam (4-membered cyclic amide) rings is 1. The summed E-state index contributed by atoms with van der Waals surface area (Å²) in [6.07, 6.45) is -0.572. The first kappa shape index (κ1) is 18.5. The van der Waals surface area contributed by atoms with E-state index in [1.54, 1.807) is 0 Å². The van der Waals surface area contributed by atoms with E-state index >= 15 is 0 Å². The van der Waals surface area contributed by atoms with Gasteiger partial charge in [0.1, 0.15) is 6.04 Å². The third kappa shape index (κ3) is 2.93. The molecule has 0 bridgehead atoms. The van der Waals surface area contributed by atoms with Gasteiger partial charge in [-0.25, -0.2) is 4.79 Å². The summed E-state index contributed by atoms with van der Waals surface area (Å²) in [6, 6.07) is 18.3. The summed E-state index contributed by atoms with van der Waals surface area (Å²) in [7, 11) is 0. The average molecular weight is 393 g/mol. The normalized spacial score (nSPS) is 22.5. The second-order valence-electron chi connectivity index (χ2n) is 7.31. The molecule has 1 amide bonds. The second-order valence-corrected chi connectivity index (χ2v) is 9.05. The van der Waals surface area contributed by atoms with Crippen molar-refractivity contribution in [2.75, 3.05) is 0 Å². The van der Waals surface area contributed by atoms with Gasteiger partial charge in [0.25, 0.3) is 0 Å². The van der Waals surface area contributed by atoms with E-state index in [9.17, 15) is 9.59 Å². The Labute approximate surface area is 167 Å². The van der Waals surface area contributed by atoms with Crippen molar-refractivity contribution in [3.63, 3.8) is 0 Å². The number of hydrogen-bond donors (Lipinski definition) is 0. The summed E-state index contributed by atoms with van der Waals surface area (Å²) >= 11 is 1.42. The number of rotatable bonds is 4. The van der Waals surface area contributed by atoms with Crippen molar-refractivity contribution in [3.8, 4) is 0 Å². The van der Waals surface area contributed by atoms with Crippen LogP contribution in [0.5, 0.6) is 0 Å². The molecule has 2 unspecified atom stereocenters. The van der Waals surface area contributed by atoms with Crippen LogP contribution in [0.2, 0.25) is 0 Å². The van der Waals surface area contributed by atoms with Gasteiger partial charge in [-0.3, -0.25) is 9.69 Å². The van der Waals surface area contributed by atoms with Gasteiger partial charge < -0.3 is 10.3 Å². The van der Waals surface area contributed by atoms with Crippen molar-refractivity contribution in [2.45, 2.75) is 36.1 Å². The second kappa shape index (κ2) is 6.93. The minimum atomic E-state index is -0.754. The van der Waals surface area contributed by atoms with E-state index in [1.807, 2.05) is 74.5 Å². The molecule has 4 rings (SSSR count). The molecule has 0 aromatic heterocycles. The number of ether oxygens (including phenoxy) is 1. The standard InChI is InChI=1S/C21H19N3O3S/c1-21(2)17(24-18(25)15(23-22)19(24)28-21)20(26)27-16(13-9-5-3-6-10-13)14-11-7-4-8-12-14/h3-12,16-17,19H,1-2H3. The summed E-state index contributed by atoms with van der Waals surface area (Å²) in [4.78, 5) is 30.1. The first-order valence-electron chi connectivity index (χ1n) is 8.97. The molecule has 28 heavy (non-hydrogen) atoms. The van der Waals surface area contributed by atoms with Crippen LogP contribution in [-0.2, 0) is 14.3 Å². The molecule has 2 aromatic carbocycles. The van der Waals surface area contributed by atoms with Gasteiger partial charge in [0.05, 0.1) is 0 Å². The van der Waals surface area contributed by atoms with E-state index in [-0.39, 0.29) is 5.71 Å². The number of fused-ring (bicyclic) bond motifs is 1. The van der Waals surface area contributed by atoms with Gasteiger partial charge in [0, 0.05) is 4.75 Å². The Morgan fingerprint density at radius 1 is 1.11 bits per heavy atom. The summed E-state index contributed by atoms with van der Waals surface area (Å²) in [6.45, 7) is 3.79. The molecular weight excluding hydrogens is 374 g/mol. The maximum absolute atomic E-state index is 13.2. The van der Waals surface area contributed by atoms with E-state index in [0.29, 0.717) is 0 Å². The highest BCUT2D eigenvalue weighted by molar-refractivity contribution is 8.02. The van der Waals surface area contributed by atoms with Crippen molar-refractivity contribution in [2.24, 2.45) is 0 Å². The Bertz CT molecular complexity index is 931. The number of amides is 1. The van der Waals surface area contributed by atoms with Crippen LogP contribution in [0.3, 0.4) is 0 Å². The molecule has 2 fully saturated rings. The van der Waals surface area contributed by atoms with Crippen LogP contribution in [-0.4, -0.2) is 43.4 Å². The van der Waals surface area contributed by atoms with Gasteiger partial charge >= 0.3 is 17.6 Å². The van der Waals surface area contributed by atoms with E-state index in [0.717, 1.165) is 11.1 Å². The highest BCUT2D eigenvalue weighted by atomic mass is 32.2. The third-order valence-corrected chi connectivity index (χ3v) is 6.57. The van der Waals surface area contributed by atoms with Crippen LogP contribution in [0, 0.1) is 0 Å².